The van der Waals surface area contributed by atoms with Crippen LogP contribution in [-0.4, -0.2) is 5.11 Å². The van der Waals surface area contributed by atoms with Crippen molar-refractivity contribution < 1.29 is 5.11 Å². The highest BCUT2D eigenvalue weighted by atomic mass is 16.3. The first-order valence-corrected chi connectivity index (χ1v) is 8.30. The molecule has 2 unspecified atom stereocenters. The van der Waals surface area contributed by atoms with Crippen molar-refractivity contribution in [3.8, 4) is 5.75 Å². The second kappa shape index (κ2) is 6.79. The van der Waals surface area contributed by atoms with Gasteiger partial charge in [-0.25, -0.2) is 0 Å². The SMILES string of the molecule is CC(c1ccccc1)c1cc(N)c(O)c(C(C)c2ccccc2)c1. The third-order valence-electron chi connectivity index (χ3n) is 4.76. The van der Waals surface area contributed by atoms with Crippen LogP contribution in [0.15, 0.2) is 72.8 Å². The standard InChI is InChI=1S/C22H23NO/c1-15(17-9-5-3-6-10-17)19-13-20(22(24)21(23)14-19)16(2)18-11-7-4-8-12-18/h3-16,24H,23H2,1-2H3. The van der Waals surface area contributed by atoms with Gasteiger partial charge in [0.2, 0.25) is 0 Å². The number of benzene rings is 3. The van der Waals surface area contributed by atoms with E-state index in [1.165, 1.54) is 5.56 Å². The molecule has 2 nitrogen and oxygen atoms in total. The van der Waals surface area contributed by atoms with Gasteiger partial charge in [0, 0.05) is 17.4 Å². The van der Waals surface area contributed by atoms with Crippen LogP contribution in [0.5, 0.6) is 5.75 Å². The monoisotopic (exact) mass is 317 g/mol. The lowest BCUT2D eigenvalue weighted by atomic mass is 9.86. The van der Waals surface area contributed by atoms with E-state index in [9.17, 15) is 5.11 Å². The molecule has 0 bridgehead atoms. The summed E-state index contributed by atoms with van der Waals surface area (Å²) in [5.74, 6) is 0.489. The summed E-state index contributed by atoms with van der Waals surface area (Å²) >= 11 is 0. The second-order valence-electron chi connectivity index (χ2n) is 6.31. The second-order valence-corrected chi connectivity index (χ2v) is 6.31. The number of phenols is 1. The van der Waals surface area contributed by atoms with E-state index in [2.05, 4.69) is 44.2 Å². The van der Waals surface area contributed by atoms with Crippen molar-refractivity contribution >= 4 is 5.69 Å². The maximum absolute atomic E-state index is 10.5. The molecule has 0 aliphatic heterocycles. The van der Waals surface area contributed by atoms with Crippen molar-refractivity contribution in [3.05, 3.63) is 95.1 Å². The molecule has 0 heterocycles. The molecule has 0 spiro atoms. The molecule has 0 amide bonds. The smallest absolute Gasteiger partial charge is 0.142 e. The predicted octanol–water partition coefficient (Wildman–Crippen LogP) is 5.28. The molecule has 0 saturated heterocycles. The normalized spacial score (nSPS) is 13.4. The molecule has 0 aliphatic rings. The Morgan fingerprint density at radius 3 is 1.75 bits per heavy atom. The minimum absolute atomic E-state index is 0.0800. The number of nitrogens with two attached hydrogens (primary N) is 1. The third kappa shape index (κ3) is 3.13. The number of hydrogen-bond donors (Lipinski definition) is 2. The number of phenolic OH excluding ortho intramolecular Hbond substituents is 1. The third-order valence-corrected chi connectivity index (χ3v) is 4.76. The number of rotatable bonds is 4. The van der Waals surface area contributed by atoms with Crippen LogP contribution in [0.2, 0.25) is 0 Å². The Kier molecular flexibility index (Phi) is 4.57. The predicted molar refractivity (Wildman–Crippen MR) is 100 cm³/mol. The highest BCUT2D eigenvalue weighted by Gasteiger charge is 2.18. The van der Waals surface area contributed by atoms with Crippen molar-refractivity contribution in [1.82, 2.24) is 0 Å². The van der Waals surface area contributed by atoms with Crippen molar-refractivity contribution in [2.45, 2.75) is 25.7 Å². The van der Waals surface area contributed by atoms with Crippen molar-refractivity contribution in [3.63, 3.8) is 0 Å². The first-order valence-electron chi connectivity index (χ1n) is 8.30. The Hall–Kier alpha value is -2.74. The van der Waals surface area contributed by atoms with Crippen LogP contribution in [0.1, 0.15) is 47.9 Å². The molecule has 3 N–H and O–H groups in total. The highest BCUT2D eigenvalue weighted by molar-refractivity contribution is 5.61. The van der Waals surface area contributed by atoms with Gasteiger partial charge in [-0.15, -0.1) is 0 Å². The van der Waals surface area contributed by atoms with Gasteiger partial charge < -0.3 is 10.8 Å². The van der Waals surface area contributed by atoms with E-state index >= 15 is 0 Å². The molecule has 0 radical (unpaired) electrons. The van der Waals surface area contributed by atoms with E-state index in [0.717, 1.165) is 16.7 Å². The zero-order valence-corrected chi connectivity index (χ0v) is 14.1. The summed E-state index contributed by atoms with van der Waals surface area (Å²) in [7, 11) is 0. The Morgan fingerprint density at radius 1 is 0.708 bits per heavy atom. The van der Waals surface area contributed by atoms with Crippen LogP contribution in [0, 0.1) is 0 Å². The van der Waals surface area contributed by atoms with Crippen molar-refractivity contribution in [1.29, 1.82) is 0 Å². The number of aromatic hydroxyl groups is 1. The van der Waals surface area contributed by atoms with Gasteiger partial charge in [0.1, 0.15) is 5.75 Å². The van der Waals surface area contributed by atoms with E-state index < -0.39 is 0 Å². The summed E-state index contributed by atoms with van der Waals surface area (Å²) < 4.78 is 0. The summed E-state index contributed by atoms with van der Waals surface area (Å²) in [6.45, 7) is 4.26. The molecule has 122 valence electrons. The van der Waals surface area contributed by atoms with E-state index in [1.807, 2.05) is 42.5 Å². The lowest BCUT2D eigenvalue weighted by Gasteiger charge is -2.20. The minimum atomic E-state index is 0.0800. The molecule has 0 saturated carbocycles. The van der Waals surface area contributed by atoms with Gasteiger partial charge in [-0.1, -0.05) is 80.6 Å². The van der Waals surface area contributed by atoms with E-state index in [-0.39, 0.29) is 17.6 Å². The average molecular weight is 317 g/mol. The molecule has 3 aromatic rings. The van der Waals surface area contributed by atoms with Crippen LogP contribution in [-0.2, 0) is 0 Å². The lowest BCUT2D eigenvalue weighted by Crippen LogP contribution is -2.03. The first-order chi connectivity index (χ1) is 11.6. The van der Waals surface area contributed by atoms with Crippen molar-refractivity contribution in [2.75, 3.05) is 5.73 Å². The highest BCUT2D eigenvalue weighted by Crippen LogP contribution is 2.38. The molecule has 0 fully saturated rings. The molecule has 0 aromatic heterocycles. The number of hydrogen-bond acceptors (Lipinski definition) is 2. The summed E-state index contributed by atoms with van der Waals surface area (Å²) in [6, 6.07) is 24.5. The Labute approximate surface area is 143 Å². The molecule has 3 rings (SSSR count). The van der Waals surface area contributed by atoms with Gasteiger partial charge in [-0.3, -0.25) is 0 Å². The van der Waals surface area contributed by atoms with Gasteiger partial charge in [-0.2, -0.15) is 0 Å². The zero-order valence-electron chi connectivity index (χ0n) is 14.1. The number of nitrogen functional groups attached to an aromatic ring is 1. The summed E-state index contributed by atoms with van der Waals surface area (Å²) in [4.78, 5) is 0. The van der Waals surface area contributed by atoms with Crippen LogP contribution < -0.4 is 5.73 Å². The molecular formula is C22H23NO. The number of anilines is 1. The average Bonchev–Trinajstić information content (AvgIpc) is 2.64. The van der Waals surface area contributed by atoms with E-state index in [0.29, 0.717) is 5.69 Å². The topological polar surface area (TPSA) is 46.2 Å². The zero-order chi connectivity index (χ0) is 17.1. The quantitative estimate of drug-likeness (QED) is 0.508. The largest absolute Gasteiger partial charge is 0.505 e. The van der Waals surface area contributed by atoms with Gasteiger partial charge >= 0.3 is 0 Å². The van der Waals surface area contributed by atoms with E-state index in [4.69, 9.17) is 5.73 Å². The van der Waals surface area contributed by atoms with Crippen LogP contribution in [0.25, 0.3) is 0 Å². The summed E-state index contributed by atoms with van der Waals surface area (Å²) in [5, 5.41) is 10.5. The maximum atomic E-state index is 10.5. The maximum Gasteiger partial charge on any atom is 0.142 e. The summed E-state index contributed by atoms with van der Waals surface area (Å²) in [6.07, 6.45) is 0. The molecule has 3 aromatic carbocycles. The van der Waals surface area contributed by atoms with Crippen LogP contribution >= 0.6 is 0 Å². The fraction of sp³-hybridized carbons (Fsp3) is 0.182. The van der Waals surface area contributed by atoms with Gasteiger partial charge in [0.15, 0.2) is 0 Å². The molecule has 2 heteroatoms. The summed E-state index contributed by atoms with van der Waals surface area (Å²) in [5.41, 5.74) is 10.9. The van der Waals surface area contributed by atoms with Crippen LogP contribution in [0.4, 0.5) is 5.69 Å². The molecule has 24 heavy (non-hydrogen) atoms. The van der Waals surface area contributed by atoms with Crippen LogP contribution in [0.3, 0.4) is 0 Å². The van der Waals surface area contributed by atoms with Gasteiger partial charge in [0.25, 0.3) is 0 Å². The van der Waals surface area contributed by atoms with Gasteiger partial charge in [0.05, 0.1) is 5.69 Å². The molecule has 0 aliphatic carbocycles. The van der Waals surface area contributed by atoms with E-state index in [1.54, 1.807) is 0 Å². The lowest BCUT2D eigenvalue weighted by molar-refractivity contribution is 0.468. The molecular weight excluding hydrogens is 294 g/mol. The van der Waals surface area contributed by atoms with Crippen molar-refractivity contribution in [2.24, 2.45) is 0 Å². The fourth-order valence-electron chi connectivity index (χ4n) is 3.14. The molecule has 2 atom stereocenters. The minimum Gasteiger partial charge on any atom is -0.505 e. The fourth-order valence-corrected chi connectivity index (χ4v) is 3.14. The van der Waals surface area contributed by atoms with Gasteiger partial charge in [-0.05, 0) is 22.8 Å². The Bertz CT molecular complexity index is 812. The first kappa shape index (κ1) is 16.1. The Balaban J connectivity index is 2.03. The Morgan fingerprint density at radius 2 is 1.21 bits per heavy atom.